The first-order valence-electron chi connectivity index (χ1n) is 9.59. The van der Waals surface area contributed by atoms with Crippen molar-refractivity contribution in [1.82, 2.24) is 4.90 Å². The fourth-order valence-electron chi connectivity index (χ4n) is 3.44. The zero-order chi connectivity index (χ0) is 19.9. The van der Waals surface area contributed by atoms with Gasteiger partial charge in [-0.25, -0.2) is 0 Å². The molecular formula is C22H25ClN2O3. The summed E-state index contributed by atoms with van der Waals surface area (Å²) in [6.07, 6.45) is 5.62. The van der Waals surface area contributed by atoms with Crippen molar-refractivity contribution < 1.29 is 14.3 Å². The molecule has 148 valence electrons. The molecule has 2 amide bonds. The van der Waals surface area contributed by atoms with E-state index >= 15 is 0 Å². The molecule has 2 aromatic rings. The Morgan fingerprint density at radius 3 is 2.54 bits per heavy atom. The molecule has 0 aromatic heterocycles. The second kappa shape index (κ2) is 9.60. The highest BCUT2D eigenvalue weighted by atomic mass is 35.5. The van der Waals surface area contributed by atoms with Crippen molar-refractivity contribution in [3.05, 3.63) is 59.1 Å². The van der Waals surface area contributed by atoms with Crippen molar-refractivity contribution in [3.63, 3.8) is 0 Å². The van der Waals surface area contributed by atoms with Crippen molar-refractivity contribution in [2.75, 3.05) is 19.0 Å². The van der Waals surface area contributed by atoms with Gasteiger partial charge in [-0.15, -0.1) is 0 Å². The predicted octanol–water partition coefficient (Wildman–Crippen LogP) is 4.76. The van der Waals surface area contributed by atoms with Gasteiger partial charge in [0.2, 0.25) is 0 Å². The standard InChI is InChI=1S/C22H25ClN2O3/c1-25(18-10-6-3-7-11-18)21(26)15-28-20-13-12-16(23)14-19(20)22(27)24-17-8-4-2-5-9-17/h2,4-5,8-9,12-14,18H,3,6-7,10-11,15H2,1H3,(H,24,27). The third-order valence-corrected chi connectivity index (χ3v) is 5.32. The highest BCUT2D eigenvalue weighted by Gasteiger charge is 2.23. The Hall–Kier alpha value is -2.53. The number of nitrogens with zero attached hydrogens (tertiary/aromatic N) is 1. The first-order chi connectivity index (χ1) is 13.5. The highest BCUT2D eigenvalue weighted by Crippen LogP contribution is 2.25. The van der Waals surface area contributed by atoms with Crippen LogP contribution in [-0.4, -0.2) is 36.4 Å². The summed E-state index contributed by atoms with van der Waals surface area (Å²) in [5.74, 6) is -0.0868. The second-order valence-corrected chi connectivity index (χ2v) is 7.48. The average Bonchev–Trinajstić information content (AvgIpc) is 2.73. The van der Waals surface area contributed by atoms with Gasteiger partial charge in [0.15, 0.2) is 6.61 Å². The molecule has 28 heavy (non-hydrogen) atoms. The highest BCUT2D eigenvalue weighted by molar-refractivity contribution is 6.31. The third kappa shape index (κ3) is 5.26. The molecule has 1 N–H and O–H groups in total. The van der Waals surface area contributed by atoms with E-state index < -0.39 is 0 Å². The lowest BCUT2D eigenvalue weighted by molar-refractivity contribution is -0.134. The van der Waals surface area contributed by atoms with Crippen molar-refractivity contribution in [2.24, 2.45) is 0 Å². The van der Waals surface area contributed by atoms with E-state index in [-0.39, 0.29) is 24.5 Å². The van der Waals surface area contributed by atoms with Gasteiger partial charge in [-0.3, -0.25) is 9.59 Å². The average molecular weight is 401 g/mol. The molecular weight excluding hydrogens is 376 g/mol. The van der Waals surface area contributed by atoms with Crippen molar-refractivity contribution in [1.29, 1.82) is 0 Å². The molecule has 1 aliphatic carbocycles. The second-order valence-electron chi connectivity index (χ2n) is 7.05. The van der Waals surface area contributed by atoms with E-state index in [9.17, 15) is 9.59 Å². The molecule has 0 radical (unpaired) electrons. The molecule has 1 saturated carbocycles. The van der Waals surface area contributed by atoms with Gasteiger partial charge in [0.25, 0.3) is 11.8 Å². The van der Waals surface area contributed by atoms with E-state index in [0.29, 0.717) is 22.0 Å². The zero-order valence-electron chi connectivity index (χ0n) is 16.0. The van der Waals surface area contributed by atoms with Crippen LogP contribution in [0.1, 0.15) is 42.5 Å². The normalized spacial score (nSPS) is 14.4. The zero-order valence-corrected chi connectivity index (χ0v) is 16.7. The van der Waals surface area contributed by atoms with Gasteiger partial charge in [-0.1, -0.05) is 49.1 Å². The number of para-hydroxylation sites is 1. The molecule has 0 spiro atoms. The predicted molar refractivity (Wildman–Crippen MR) is 111 cm³/mol. The van der Waals surface area contributed by atoms with Crippen LogP contribution in [-0.2, 0) is 4.79 Å². The lowest BCUT2D eigenvalue weighted by atomic mass is 9.94. The van der Waals surface area contributed by atoms with Crippen LogP contribution in [0.15, 0.2) is 48.5 Å². The number of anilines is 1. The summed E-state index contributed by atoms with van der Waals surface area (Å²) < 4.78 is 5.71. The molecule has 0 heterocycles. The van der Waals surface area contributed by atoms with Crippen LogP contribution in [0.25, 0.3) is 0 Å². The summed E-state index contributed by atoms with van der Waals surface area (Å²) in [4.78, 5) is 27.0. The molecule has 0 bridgehead atoms. The van der Waals surface area contributed by atoms with E-state index in [0.717, 1.165) is 25.7 Å². The maximum absolute atomic E-state index is 12.7. The lowest BCUT2D eigenvalue weighted by Gasteiger charge is -2.31. The number of likely N-dealkylation sites (N-methyl/N-ethyl adjacent to an activating group) is 1. The fourth-order valence-corrected chi connectivity index (χ4v) is 3.61. The molecule has 0 aliphatic heterocycles. The molecule has 2 aromatic carbocycles. The molecule has 6 heteroatoms. The van der Waals surface area contributed by atoms with Gasteiger partial charge in [-0.05, 0) is 43.2 Å². The summed E-state index contributed by atoms with van der Waals surface area (Å²) in [7, 11) is 1.83. The first kappa shape index (κ1) is 20.2. The Kier molecular flexibility index (Phi) is 6.93. The van der Waals surface area contributed by atoms with Crippen LogP contribution in [0, 0.1) is 0 Å². The van der Waals surface area contributed by atoms with Gasteiger partial charge in [0.1, 0.15) is 5.75 Å². The van der Waals surface area contributed by atoms with Crippen molar-refractivity contribution >= 4 is 29.1 Å². The minimum atomic E-state index is -0.336. The molecule has 0 saturated heterocycles. The van der Waals surface area contributed by atoms with Crippen LogP contribution in [0.2, 0.25) is 5.02 Å². The number of rotatable bonds is 6. The Morgan fingerprint density at radius 1 is 1.11 bits per heavy atom. The van der Waals surface area contributed by atoms with Gasteiger partial charge >= 0.3 is 0 Å². The number of nitrogens with one attached hydrogen (secondary N) is 1. The first-order valence-corrected chi connectivity index (χ1v) is 9.97. The Bertz CT molecular complexity index is 820. The number of halogens is 1. The van der Waals surface area contributed by atoms with Gasteiger partial charge in [0, 0.05) is 23.8 Å². The van der Waals surface area contributed by atoms with E-state index in [1.54, 1.807) is 35.2 Å². The maximum Gasteiger partial charge on any atom is 0.260 e. The van der Waals surface area contributed by atoms with Crippen molar-refractivity contribution in [2.45, 2.75) is 38.1 Å². The third-order valence-electron chi connectivity index (χ3n) is 5.08. The number of benzene rings is 2. The molecule has 1 aliphatic rings. The summed E-state index contributed by atoms with van der Waals surface area (Å²) in [5, 5.41) is 3.24. The van der Waals surface area contributed by atoms with E-state index in [1.165, 1.54) is 6.42 Å². The smallest absolute Gasteiger partial charge is 0.260 e. The van der Waals surface area contributed by atoms with Crippen LogP contribution in [0.4, 0.5) is 5.69 Å². The van der Waals surface area contributed by atoms with E-state index in [4.69, 9.17) is 16.3 Å². The molecule has 0 atom stereocenters. The van der Waals surface area contributed by atoms with E-state index in [1.807, 2.05) is 25.2 Å². The molecule has 3 rings (SSSR count). The SMILES string of the molecule is CN(C(=O)COc1ccc(Cl)cc1C(=O)Nc1ccccc1)C1CCCCC1. The molecule has 5 nitrogen and oxygen atoms in total. The number of ether oxygens (including phenoxy) is 1. The fraction of sp³-hybridized carbons (Fsp3) is 0.364. The van der Waals surface area contributed by atoms with Crippen LogP contribution < -0.4 is 10.1 Å². The van der Waals surface area contributed by atoms with Gasteiger partial charge < -0.3 is 15.0 Å². The largest absolute Gasteiger partial charge is 0.483 e. The Balaban J connectivity index is 1.66. The Labute approximate surface area is 170 Å². The van der Waals surface area contributed by atoms with Crippen LogP contribution in [0.3, 0.4) is 0 Å². The number of carbonyl (C=O) groups is 2. The summed E-state index contributed by atoms with van der Waals surface area (Å²) in [6, 6.07) is 14.2. The summed E-state index contributed by atoms with van der Waals surface area (Å²) in [5.41, 5.74) is 0.969. The topological polar surface area (TPSA) is 58.6 Å². The van der Waals surface area contributed by atoms with Crippen LogP contribution >= 0.6 is 11.6 Å². The minimum absolute atomic E-state index is 0.0868. The number of hydrogen-bond donors (Lipinski definition) is 1. The summed E-state index contributed by atoms with van der Waals surface area (Å²) in [6.45, 7) is -0.111. The molecule has 1 fully saturated rings. The number of amides is 2. The monoisotopic (exact) mass is 400 g/mol. The van der Waals surface area contributed by atoms with Gasteiger partial charge in [0.05, 0.1) is 5.56 Å². The van der Waals surface area contributed by atoms with Crippen molar-refractivity contribution in [3.8, 4) is 5.75 Å². The number of carbonyl (C=O) groups excluding carboxylic acids is 2. The van der Waals surface area contributed by atoms with E-state index in [2.05, 4.69) is 5.32 Å². The Morgan fingerprint density at radius 2 is 1.82 bits per heavy atom. The lowest BCUT2D eigenvalue weighted by Crippen LogP contribution is -2.40. The maximum atomic E-state index is 12.7. The minimum Gasteiger partial charge on any atom is -0.483 e. The summed E-state index contributed by atoms with van der Waals surface area (Å²) >= 11 is 6.07. The molecule has 0 unspecified atom stereocenters. The quantitative estimate of drug-likeness (QED) is 0.760. The van der Waals surface area contributed by atoms with Crippen LogP contribution in [0.5, 0.6) is 5.75 Å². The van der Waals surface area contributed by atoms with Gasteiger partial charge in [-0.2, -0.15) is 0 Å². The number of hydrogen-bond acceptors (Lipinski definition) is 3.